The van der Waals surface area contributed by atoms with Gasteiger partial charge in [-0.05, 0) is 32.0 Å². The van der Waals surface area contributed by atoms with E-state index in [1.54, 1.807) is 11.9 Å². The summed E-state index contributed by atoms with van der Waals surface area (Å²) in [6.07, 6.45) is 0. The molecule has 0 radical (unpaired) electrons. The zero-order valence-electron chi connectivity index (χ0n) is 14.2. The van der Waals surface area contributed by atoms with E-state index in [1.807, 2.05) is 13.8 Å². The molecule has 0 bridgehead atoms. The SMILES string of the molecule is Cc1cc(N2CCN(C(=O)c3ccc(=O)n(C)n3)CC2)cc(C)n1. The number of aromatic nitrogens is 3. The fourth-order valence-corrected chi connectivity index (χ4v) is 2.94. The second-order valence-electron chi connectivity index (χ2n) is 6.07. The van der Waals surface area contributed by atoms with Crippen molar-refractivity contribution in [2.24, 2.45) is 7.05 Å². The zero-order chi connectivity index (χ0) is 17.3. The summed E-state index contributed by atoms with van der Waals surface area (Å²) in [6.45, 7) is 6.76. The average molecular weight is 327 g/mol. The summed E-state index contributed by atoms with van der Waals surface area (Å²) in [7, 11) is 1.55. The third-order valence-corrected chi connectivity index (χ3v) is 4.18. The Kier molecular flexibility index (Phi) is 4.33. The first-order chi connectivity index (χ1) is 11.4. The van der Waals surface area contributed by atoms with Crippen molar-refractivity contribution in [1.82, 2.24) is 19.7 Å². The van der Waals surface area contributed by atoms with Crippen molar-refractivity contribution in [3.63, 3.8) is 0 Å². The average Bonchev–Trinajstić information content (AvgIpc) is 2.56. The lowest BCUT2D eigenvalue weighted by molar-refractivity contribution is 0.0738. The lowest BCUT2D eigenvalue weighted by Crippen LogP contribution is -2.49. The van der Waals surface area contributed by atoms with Crippen molar-refractivity contribution in [3.8, 4) is 0 Å². The number of carbonyl (C=O) groups excluding carboxylic acids is 1. The van der Waals surface area contributed by atoms with Crippen LogP contribution < -0.4 is 10.5 Å². The van der Waals surface area contributed by atoms with E-state index in [-0.39, 0.29) is 11.5 Å². The van der Waals surface area contributed by atoms with Crippen LogP contribution in [0.2, 0.25) is 0 Å². The minimum atomic E-state index is -0.222. The number of carbonyl (C=O) groups is 1. The Morgan fingerprint density at radius 1 is 1.04 bits per heavy atom. The van der Waals surface area contributed by atoms with Gasteiger partial charge in [0.25, 0.3) is 11.5 Å². The monoisotopic (exact) mass is 327 g/mol. The second kappa shape index (κ2) is 6.43. The van der Waals surface area contributed by atoms with Crippen LogP contribution in [0.5, 0.6) is 0 Å². The number of amides is 1. The highest BCUT2D eigenvalue weighted by atomic mass is 16.2. The Morgan fingerprint density at radius 3 is 2.25 bits per heavy atom. The first kappa shape index (κ1) is 16.2. The number of hydrogen-bond donors (Lipinski definition) is 0. The van der Waals surface area contributed by atoms with Crippen molar-refractivity contribution in [1.29, 1.82) is 0 Å². The van der Waals surface area contributed by atoms with Crippen LogP contribution in [0.1, 0.15) is 21.9 Å². The molecule has 0 saturated carbocycles. The molecule has 0 aliphatic carbocycles. The van der Waals surface area contributed by atoms with Gasteiger partial charge in [0.1, 0.15) is 5.69 Å². The molecule has 3 rings (SSSR count). The molecule has 1 aliphatic rings. The van der Waals surface area contributed by atoms with E-state index in [0.29, 0.717) is 18.8 Å². The lowest BCUT2D eigenvalue weighted by atomic mass is 10.2. The standard InChI is InChI=1S/C17H21N5O2/c1-12-10-14(11-13(2)18-12)21-6-8-22(9-7-21)17(24)15-4-5-16(23)20(3)19-15/h4-5,10-11H,6-9H2,1-3H3. The topological polar surface area (TPSA) is 71.3 Å². The molecule has 2 aromatic heterocycles. The number of anilines is 1. The molecule has 7 heteroatoms. The quantitative estimate of drug-likeness (QED) is 0.814. The van der Waals surface area contributed by atoms with Crippen LogP contribution >= 0.6 is 0 Å². The molecule has 0 atom stereocenters. The van der Waals surface area contributed by atoms with Gasteiger partial charge in [0, 0.05) is 56.4 Å². The highest BCUT2D eigenvalue weighted by Crippen LogP contribution is 2.19. The van der Waals surface area contributed by atoms with Crippen molar-refractivity contribution < 1.29 is 4.79 Å². The van der Waals surface area contributed by atoms with E-state index in [9.17, 15) is 9.59 Å². The summed E-state index contributed by atoms with van der Waals surface area (Å²) in [5, 5.41) is 4.04. The summed E-state index contributed by atoms with van der Waals surface area (Å²) in [5.41, 5.74) is 3.23. The Hall–Kier alpha value is -2.70. The number of piperazine rings is 1. The molecule has 0 aromatic carbocycles. The normalized spacial score (nSPS) is 14.8. The van der Waals surface area contributed by atoms with E-state index in [0.717, 1.165) is 30.2 Å². The van der Waals surface area contributed by atoms with Crippen molar-refractivity contribution in [3.05, 3.63) is 51.7 Å². The first-order valence-electron chi connectivity index (χ1n) is 7.98. The maximum absolute atomic E-state index is 12.5. The predicted molar refractivity (Wildman–Crippen MR) is 91.3 cm³/mol. The van der Waals surface area contributed by atoms with Gasteiger partial charge in [-0.15, -0.1) is 0 Å². The number of aryl methyl sites for hydroxylation is 3. The number of nitrogens with zero attached hydrogens (tertiary/aromatic N) is 5. The van der Waals surface area contributed by atoms with E-state index in [4.69, 9.17) is 0 Å². The summed E-state index contributed by atoms with van der Waals surface area (Å²) in [6, 6.07) is 7.00. The number of rotatable bonds is 2. The first-order valence-corrected chi connectivity index (χ1v) is 7.98. The fraction of sp³-hybridized carbons (Fsp3) is 0.412. The largest absolute Gasteiger partial charge is 0.368 e. The van der Waals surface area contributed by atoms with Crippen LogP contribution in [0.15, 0.2) is 29.1 Å². The minimum absolute atomic E-state index is 0.132. The maximum Gasteiger partial charge on any atom is 0.274 e. The van der Waals surface area contributed by atoms with Gasteiger partial charge < -0.3 is 9.80 Å². The van der Waals surface area contributed by atoms with Crippen molar-refractivity contribution >= 4 is 11.6 Å². The van der Waals surface area contributed by atoms with Crippen LogP contribution in [0.4, 0.5) is 5.69 Å². The third-order valence-electron chi connectivity index (χ3n) is 4.18. The number of hydrogen-bond acceptors (Lipinski definition) is 5. The Balaban J connectivity index is 1.69. The molecule has 126 valence electrons. The summed E-state index contributed by atoms with van der Waals surface area (Å²) in [5.74, 6) is -0.132. The molecule has 0 N–H and O–H groups in total. The van der Waals surface area contributed by atoms with Crippen LogP contribution in [-0.4, -0.2) is 51.8 Å². The molecule has 1 fully saturated rings. The Bertz CT molecular complexity index is 802. The van der Waals surface area contributed by atoms with Gasteiger partial charge in [-0.3, -0.25) is 14.6 Å². The van der Waals surface area contributed by atoms with Crippen molar-refractivity contribution in [2.75, 3.05) is 31.1 Å². The molecule has 2 aromatic rings. The van der Waals surface area contributed by atoms with Gasteiger partial charge in [-0.1, -0.05) is 0 Å². The Morgan fingerprint density at radius 2 is 1.67 bits per heavy atom. The lowest BCUT2D eigenvalue weighted by Gasteiger charge is -2.36. The van der Waals surface area contributed by atoms with Gasteiger partial charge in [-0.25, -0.2) is 4.68 Å². The molecule has 1 amide bonds. The van der Waals surface area contributed by atoms with Crippen molar-refractivity contribution in [2.45, 2.75) is 13.8 Å². The molecule has 3 heterocycles. The maximum atomic E-state index is 12.5. The van der Waals surface area contributed by atoms with Crippen LogP contribution in [0, 0.1) is 13.8 Å². The van der Waals surface area contributed by atoms with Gasteiger partial charge in [0.15, 0.2) is 0 Å². The van der Waals surface area contributed by atoms with Gasteiger partial charge in [-0.2, -0.15) is 5.10 Å². The van der Waals surface area contributed by atoms with E-state index < -0.39 is 0 Å². The smallest absolute Gasteiger partial charge is 0.274 e. The molecule has 0 unspecified atom stereocenters. The zero-order valence-corrected chi connectivity index (χ0v) is 14.2. The minimum Gasteiger partial charge on any atom is -0.368 e. The summed E-state index contributed by atoms with van der Waals surface area (Å²) < 4.78 is 1.19. The third kappa shape index (κ3) is 3.29. The van der Waals surface area contributed by atoms with Gasteiger partial charge >= 0.3 is 0 Å². The van der Waals surface area contributed by atoms with E-state index >= 15 is 0 Å². The van der Waals surface area contributed by atoms with Gasteiger partial charge in [0.2, 0.25) is 0 Å². The summed E-state index contributed by atoms with van der Waals surface area (Å²) >= 11 is 0. The van der Waals surface area contributed by atoms with Crippen LogP contribution in [0.3, 0.4) is 0 Å². The molecular formula is C17H21N5O2. The molecular weight excluding hydrogens is 306 g/mol. The summed E-state index contributed by atoms with van der Waals surface area (Å²) in [4.78, 5) is 32.4. The molecule has 1 aliphatic heterocycles. The molecule has 1 saturated heterocycles. The fourth-order valence-electron chi connectivity index (χ4n) is 2.94. The predicted octanol–water partition coefficient (Wildman–Crippen LogP) is 0.755. The highest BCUT2D eigenvalue weighted by Gasteiger charge is 2.23. The Labute approximate surface area is 140 Å². The van der Waals surface area contributed by atoms with Gasteiger partial charge in [0.05, 0.1) is 0 Å². The second-order valence-corrected chi connectivity index (χ2v) is 6.07. The highest BCUT2D eigenvalue weighted by molar-refractivity contribution is 5.92. The number of pyridine rings is 1. The molecule has 0 spiro atoms. The van der Waals surface area contributed by atoms with E-state index in [2.05, 4.69) is 27.1 Å². The van der Waals surface area contributed by atoms with E-state index in [1.165, 1.54) is 16.8 Å². The van der Waals surface area contributed by atoms with Crippen LogP contribution in [0.25, 0.3) is 0 Å². The molecule has 24 heavy (non-hydrogen) atoms. The van der Waals surface area contributed by atoms with Crippen LogP contribution in [-0.2, 0) is 7.05 Å². The molecule has 7 nitrogen and oxygen atoms in total.